The molecule has 0 saturated carbocycles. The fraction of sp³-hybridized carbons (Fsp3) is 0.333. The van der Waals surface area contributed by atoms with Crippen LogP contribution < -0.4 is 0 Å². The van der Waals surface area contributed by atoms with Gasteiger partial charge >= 0.3 is 0 Å². The average molecular weight is 221 g/mol. The zero-order chi connectivity index (χ0) is 7.56. The van der Waals surface area contributed by atoms with Crippen molar-refractivity contribution in [3.8, 4) is 0 Å². The number of hydrogen-bond acceptors (Lipinski definition) is 2. The molecule has 0 aliphatic heterocycles. The van der Waals surface area contributed by atoms with E-state index in [2.05, 4.69) is 25.9 Å². The van der Waals surface area contributed by atoms with E-state index in [0.29, 0.717) is 5.88 Å². The summed E-state index contributed by atoms with van der Waals surface area (Å²) >= 11 is 8.78. The maximum Gasteiger partial charge on any atom is 0.127 e. The van der Waals surface area contributed by atoms with Gasteiger partial charge in [0, 0.05) is 0 Å². The average Bonchev–Trinajstić information content (AvgIpc) is 1.95. The van der Waals surface area contributed by atoms with Crippen molar-refractivity contribution >= 4 is 27.5 Å². The summed E-state index contributed by atoms with van der Waals surface area (Å²) in [5, 5.41) is 0. The zero-order valence-corrected chi connectivity index (χ0v) is 7.78. The molecule has 0 fully saturated rings. The number of rotatable bonds is 1. The van der Waals surface area contributed by atoms with Gasteiger partial charge in [-0.15, -0.1) is 11.6 Å². The Labute approximate surface area is 72.8 Å². The molecule has 0 atom stereocenters. The van der Waals surface area contributed by atoms with Crippen LogP contribution in [0.3, 0.4) is 0 Å². The summed E-state index contributed by atoms with van der Waals surface area (Å²) in [6.45, 7) is 1.88. The van der Waals surface area contributed by atoms with E-state index in [1.54, 1.807) is 6.20 Å². The lowest BCUT2D eigenvalue weighted by Gasteiger charge is -1.97. The molecule has 0 aromatic carbocycles. The first kappa shape index (κ1) is 7.95. The maximum absolute atomic E-state index is 5.53. The molecule has 2 nitrogen and oxygen atoms in total. The second kappa shape index (κ2) is 3.30. The Bertz CT molecular complexity index is 239. The van der Waals surface area contributed by atoms with Gasteiger partial charge in [-0.05, 0) is 22.9 Å². The van der Waals surface area contributed by atoms with Gasteiger partial charge in [-0.1, -0.05) is 0 Å². The van der Waals surface area contributed by atoms with Crippen molar-refractivity contribution in [1.29, 1.82) is 0 Å². The van der Waals surface area contributed by atoms with Crippen molar-refractivity contribution in [2.75, 3.05) is 0 Å². The Morgan fingerprint density at radius 1 is 1.70 bits per heavy atom. The zero-order valence-electron chi connectivity index (χ0n) is 5.43. The van der Waals surface area contributed by atoms with Crippen LogP contribution in [0.4, 0.5) is 0 Å². The third kappa shape index (κ3) is 1.67. The summed E-state index contributed by atoms with van der Waals surface area (Å²) in [6.07, 6.45) is 1.66. The van der Waals surface area contributed by atoms with Crippen LogP contribution in [0.25, 0.3) is 0 Å². The van der Waals surface area contributed by atoms with Crippen LogP contribution in [0.5, 0.6) is 0 Å². The molecule has 1 aromatic rings. The highest BCUT2D eigenvalue weighted by molar-refractivity contribution is 9.10. The van der Waals surface area contributed by atoms with Crippen molar-refractivity contribution in [3.63, 3.8) is 0 Å². The molecule has 1 heterocycles. The Hall–Kier alpha value is -0.150. The first-order valence-corrected chi connectivity index (χ1v) is 4.11. The molecule has 0 unspecified atom stereocenters. The Morgan fingerprint density at radius 3 is 2.90 bits per heavy atom. The molecular formula is C6H6BrClN2. The number of halogens is 2. The molecule has 0 aliphatic carbocycles. The number of hydrogen-bond donors (Lipinski definition) is 0. The van der Waals surface area contributed by atoms with Crippen LogP contribution >= 0.6 is 27.5 Å². The fourth-order valence-corrected chi connectivity index (χ4v) is 0.899. The smallest absolute Gasteiger partial charge is 0.127 e. The lowest BCUT2D eigenvalue weighted by Crippen LogP contribution is -1.92. The lowest BCUT2D eigenvalue weighted by molar-refractivity contribution is 1.02. The first-order chi connectivity index (χ1) is 4.74. The molecule has 10 heavy (non-hydrogen) atoms. The topological polar surface area (TPSA) is 25.8 Å². The third-order valence-electron chi connectivity index (χ3n) is 1.07. The molecule has 54 valence electrons. The lowest BCUT2D eigenvalue weighted by atomic mass is 10.4. The van der Waals surface area contributed by atoms with Gasteiger partial charge in [0.25, 0.3) is 0 Å². The summed E-state index contributed by atoms with van der Waals surface area (Å²) in [5.74, 6) is 0.418. The molecule has 0 saturated heterocycles. The molecule has 0 amide bonds. The standard InChI is InChI=1S/C6H6BrClN2/c1-4-6(7)9-3-5(2-8)10-4/h3H,2H2,1H3. The van der Waals surface area contributed by atoms with Crippen molar-refractivity contribution in [1.82, 2.24) is 9.97 Å². The maximum atomic E-state index is 5.53. The van der Waals surface area contributed by atoms with Gasteiger partial charge in [0.2, 0.25) is 0 Å². The molecule has 0 N–H and O–H groups in total. The van der Waals surface area contributed by atoms with Gasteiger partial charge < -0.3 is 0 Å². The highest BCUT2D eigenvalue weighted by Crippen LogP contribution is 2.10. The van der Waals surface area contributed by atoms with E-state index in [4.69, 9.17) is 11.6 Å². The van der Waals surface area contributed by atoms with E-state index in [1.807, 2.05) is 6.92 Å². The van der Waals surface area contributed by atoms with Crippen molar-refractivity contribution in [2.45, 2.75) is 12.8 Å². The summed E-state index contributed by atoms with van der Waals surface area (Å²) < 4.78 is 0.779. The van der Waals surface area contributed by atoms with Gasteiger partial charge in [-0.25, -0.2) is 4.98 Å². The molecule has 0 radical (unpaired) electrons. The number of alkyl halides is 1. The van der Waals surface area contributed by atoms with E-state index >= 15 is 0 Å². The summed E-state index contributed by atoms with van der Waals surface area (Å²) in [5.41, 5.74) is 1.68. The van der Waals surface area contributed by atoms with Gasteiger partial charge in [0.15, 0.2) is 0 Å². The predicted octanol–water partition coefficient (Wildman–Crippen LogP) is 2.29. The number of nitrogens with zero attached hydrogens (tertiary/aromatic N) is 2. The van der Waals surface area contributed by atoms with Crippen molar-refractivity contribution < 1.29 is 0 Å². The molecular weight excluding hydrogens is 215 g/mol. The van der Waals surface area contributed by atoms with Crippen molar-refractivity contribution in [3.05, 3.63) is 22.2 Å². The minimum atomic E-state index is 0.418. The molecule has 0 spiro atoms. The molecule has 4 heteroatoms. The van der Waals surface area contributed by atoms with E-state index in [0.717, 1.165) is 16.0 Å². The summed E-state index contributed by atoms with van der Waals surface area (Å²) in [6, 6.07) is 0. The second-order valence-corrected chi connectivity index (χ2v) is 2.89. The van der Waals surface area contributed by atoms with E-state index in [1.165, 1.54) is 0 Å². The minimum absolute atomic E-state index is 0.418. The monoisotopic (exact) mass is 220 g/mol. The molecule has 1 rings (SSSR count). The number of aromatic nitrogens is 2. The minimum Gasteiger partial charge on any atom is -0.252 e. The highest BCUT2D eigenvalue weighted by atomic mass is 79.9. The van der Waals surface area contributed by atoms with Crippen LogP contribution in [-0.4, -0.2) is 9.97 Å². The number of aryl methyl sites for hydroxylation is 1. The van der Waals surface area contributed by atoms with Gasteiger partial charge in [0.1, 0.15) is 4.60 Å². The van der Waals surface area contributed by atoms with E-state index in [9.17, 15) is 0 Å². The largest absolute Gasteiger partial charge is 0.252 e. The van der Waals surface area contributed by atoms with Crippen LogP contribution in [0.1, 0.15) is 11.4 Å². The molecule has 1 aromatic heterocycles. The van der Waals surface area contributed by atoms with Gasteiger partial charge in [0.05, 0.1) is 23.5 Å². The normalized spacial score (nSPS) is 9.90. The van der Waals surface area contributed by atoms with Crippen LogP contribution in [-0.2, 0) is 5.88 Å². The SMILES string of the molecule is Cc1nc(CCl)cnc1Br. The van der Waals surface area contributed by atoms with Crippen LogP contribution in [0.2, 0.25) is 0 Å². The van der Waals surface area contributed by atoms with Crippen LogP contribution in [0.15, 0.2) is 10.8 Å². The quantitative estimate of drug-likeness (QED) is 0.680. The Morgan fingerprint density at radius 2 is 2.40 bits per heavy atom. The summed E-state index contributed by atoms with van der Waals surface area (Å²) in [4.78, 5) is 8.17. The summed E-state index contributed by atoms with van der Waals surface area (Å²) in [7, 11) is 0. The Balaban J connectivity index is 3.04. The molecule has 0 aliphatic rings. The second-order valence-electron chi connectivity index (χ2n) is 1.87. The fourth-order valence-electron chi connectivity index (χ4n) is 0.579. The molecule has 0 bridgehead atoms. The van der Waals surface area contributed by atoms with Gasteiger partial charge in [-0.2, -0.15) is 0 Å². The van der Waals surface area contributed by atoms with Crippen molar-refractivity contribution in [2.24, 2.45) is 0 Å². The third-order valence-corrected chi connectivity index (χ3v) is 2.13. The van der Waals surface area contributed by atoms with Gasteiger partial charge in [-0.3, -0.25) is 4.98 Å². The van der Waals surface area contributed by atoms with E-state index < -0.39 is 0 Å². The first-order valence-electron chi connectivity index (χ1n) is 2.78. The predicted molar refractivity (Wildman–Crippen MR) is 44.0 cm³/mol. The highest BCUT2D eigenvalue weighted by Gasteiger charge is 1.97. The van der Waals surface area contributed by atoms with E-state index in [-0.39, 0.29) is 0 Å². The van der Waals surface area contributed by atoms with Crippen LogP contribution in [0, 0.1) is 6.92 Å². The Kier molecular flexibility index (Phi) is 2.63.